The van der Waals surface area contributed by atoms with E-state index in [-0.39, 0.29) is 0 Å². The number of aromatic nitrogens is 2. The molecule has 1 heterocycles. The molecule has 0 N–H and O–H groups in total. The molecule has 78 valence electrons. The fraction of sp³-hybridized carbons (Fsp3) is 0.250. The maximum absolute atomic E-state index is 4.31. The minimum atomic E-state index is 0.895. The molecule has 0 atom stereocenters. The van der Waals surface area contributed by atoms with Crippen molar-refractivity contribution in [3.05, 3.63) is 47.3 Å². The zero-order chi connectivity index (χ0) is 10.8. The van der Waals surface area contributed by atoms with Crippen LogP contribution in [0.4, 0.5) is 0 Å². The van der Waals surface area contributed by atoms with Gasteiger partial charge in [0.15, 0.2) is 0 Å². The Morgan fingerprint density at radius 2 is 2.13 bits per heavy atom. The number of rotatable bonds is 2. The number of hydrogen-bond donors (Lipinski definition) is 0. The van der Waals surface area contributed by atoms with Crippen LogP contribution in [0.15, 0.2) is 30.6 Å². The van der Waals surface area contributed by atoms with Gasteiger partial charge in [0.2, 0.25) is 0 Å². The van der Waals surface area contributed by atoms with Crippen LogP contribution in [0.5, 0.6) is 0 Å². The average Bonchev–Trinajstić information content (AvgIpc) is 2.64. The summed E-state index contributed by atoms with van der Waals surface area (Å²) in [6.45, 7) is 4.16. The number of halogens is 1. The van der Waals surface area contributed by atoms with E-state index in [1.807, 2.05) is 24.0 Å². The predicted octanol–water partition coefficient (Wildman–Crippen LogP) is 3.38. The van der Waals surface area contributed by atoms with Crippen LogP contribution in [-0.2, 0) is 5.33 Å². The Kier molecular flexibility index (Phi) is 2.91. The van der Waals surface area contributed by atoms with Crippen molar-refractivity contribution < 1.29 is 0 Å². The summed E-state index contributed by atoms with van der Waals surface area (Å²) >= 11 is 3.45. The van der Waals surface area contributed by atoms with E-state index in [0.717, 1.165) is 11.0 Å². The highest BCUT2D eigenvalue weighted by molar-refractivity contribution is 9.08. The summed E-state index contributed by atoms with van der Waals surface area (Å²) in [5, 5.41) is 5.20. The van der Waals surface area contributed by atoms with E-state index in [0.29, 0.717) is 0 Å². The molecule has 3 heteroatoms. The zero-order valence-corrected chi connectivity index (χ0v) is 10.5. The van der Waals surface area contributed by atoms with E-state index < -0.39 is 0 Å². The van der Waals surface area contributed by atoms with E-state index in [9.17, 15) is 0 Å². The second-order valence-corrected chi connectivity index (χ2v) is 4.28. The lowest BCUT2D eigenvalue weighted by molar-refractivity contribution is 0.871. The summed E-state index contributed by atoms with van der Waals surface area (Å²) in [6.07, 6.45) is 3.91. The summed E-state index contributed by atoms with van der Waals surface area (Å²) in [6, 6.07) is 6.41. The molecule has 0 radical (unpaired) electrons. The first-order chi connectivity index (χ1) is 7.20. The van der Waals surface area contributed by atoms with Crippen molar-refractivity contribution in [1.82, 2.24) is 9.78 Å². The van der Waals surface area contributed by atoms with Crippen LogP contribution in [0.1, 0.15) is 16.7 Å². The first-order valence-corrected chi connectivity index (χ1v) is 6.00. The normalized spacial score (nSPS) is 10.6. The quantitative estimate of drug-likeness (QED) is 0.761. The van der Waals surface area contributed by atoms with Gasteiger partial charge in [-0.15, -0.1) is 0 Å². The van der Waals surface area contributed by atoms with Gasteiger partial charge in [-0.3, -0.25) is 0 Å². The van der Waals surface area contributed by atoms with Gasteiger partial charge in [0, 0.05) is 11.5 Å². The molecule has 15 heavy (non-hydrogen) atoms. The second kappa shape index (κ2) is 4.19. The summed E-state index contributed by atoms with van der Waals surface area (Å²) < 4.78 is 1.92. The second-order valence-electron chi connectivity index (χ2n) is 3.72. The molecule has 0 aliphatic heterocycles. The lowest BCUT2D eigenvalue weighted by Gasteiger charge is -2.07. The lowest BCUT2D eigenvalue weighted by Crippen LogP contribution is -1.97. The van der Waals surface area contributed by atoms with Crippen molar-refractivity contribution in [3.63, 3.8) is 0 Å². The van der Waals surface area contributed by atoms with Gasteiger partial charge < -0.3 is 0 Å². The number of aryl methyl sites for hydroxylation is 2. The van der Waals surface area contributed by atoms with Gasteiger partial charge in [0.1, 0.15) is 0 Å². The van der Waals surface area contributed by atoms with Gasteiger partial charge >= 0.3 is 0 Å². The van der Waals surface area contributed by atoms with Crippen molar-refractivity contribution in [2.75, 3.05) is 0 Å². The monoisotopic (exact) mass is 264 g/mol. The van der Waals surface area contributed by atoms with Gasteiger partial charge in [-0.05, 0) is 36.6 Å². The van der Waals surface area contributed by atoms with Crippen LogP contribution in [-0.4, -0.2) is 9.78 Å². The van der Waals surface area contributed by atoms with Crippen LogP contribution in [0.2, 0.25) is 0 Å². The Morgan fingerprint density at radius 1 is 1.33 bits per heavy atom. The summed E-state index contributed by atoms with van der Waals surface area (Å²) in [7, 11) is 0. The van der Waals surface area contributed by atoms with Crippen LogP contribution in [0.3, 0.4) is 0 Å². The molecular weight excluding hydrogens is 252 g/mol. The SMILES string of the molecule is Cc1cnn(-c2ccc(CBr)cc2C)c1. The maximum Gasteiger partial charge on any atom is 0.0675 e. The Balaban J connectivity index is 2.45. The Bertz CT molecular complexity index is 474. The fourth-order valence-corrected chi connectivity index (χ4v) is 1.95. The molecule has 2 aromatic rings. The van der Waals surface area contributed by atoms with Crippen LogP contribution < -0.4 is 0 Å². The molecular formula is C12H13BrN2. The van der Waals surface area contributed by atoms with E-state index in [4.69, 9.17) is 0 Å². The fourth-order valence-electron chi connectivity index (χ4n) is 1.60. The van der Waals surface area contributed by atoms with Crippen molar-refractivity contribution in [2.45, 2.75) is 19.2 Å². The summed E-state index contributed by atoms with van der Waals surface area (Å²) in [5.74, 6) is 0. The minimum Gasteiger partial charge on any atom is -0.240 e. The van der Waals surface area contributed by atoms with Crippen LogP contribution in [0, 0.1) is 13.8 Å². The molecule has 0 unspecified atom stereocenters. The molecule has 1 aromatic heterocycles. The summed E-state index contributed by atoms with van der Waals surface area (Å²) in [5.41, 5.74) is 4.86. The molecule has 0 fully saturated rings. The number of benzene rings is 1. The average molecular weight is 265 g/mol. The number of alkyl halides is 1. The largest absolute Gasteiger partial charge is 0.240 e. The Labute approximate surface area is 98.1 Å². The van der Waals surface area contributed by atoms with Crippen molar-refractivity contribution in [2.24, 2.45) is 0 Å². The summed E-state index contributed by atoms with van der Waals surface area (Å²) in [4.78, 5) is 0. The van der Waals surface area contributed by atoms with Crippen molar-refractivity contribution in [3.8, 4) is 5.69 Å². The Hall–Kier alpha value is -1.09. The standard InChI is InChI=1S/C12H13BrN2/c1-9-7-14-15(8-9)12-4-3-11(6-13)5-10(12)2/h3-5,7-8H,6H2,1-2H3. The molecule has 1 aromatic carbocycles. The van der Waals surface area contributed by atoms with E-state index in [1.165, 1.54) is 16.7 Å². The van der Waals surface area contributed by atoms with Gasteiger partial charge in [-0.1, -0.05) is 28.1 Å². The van der Waals surface area contributed by atoms with Crippen molar-refractivity contribution in [1.29, 1.82) is 0 Å². The highest BCUT2D eigenvalue weighted by Gasteiger charge is 2.02. The molecule has 2 rings (SSSR count). The van der Waals surface area contributed by atoms with Crippen molar-refractivity contribution >= 4 is 15.9 Å². The lowest BCUT2D eigenvalue weighted by atomic mass is 10.1. The van der Waals surface area contributed by atoms with E-state index in [1.54, 1.807) is 0 Å². The van der Waals surface area contributed by atoms with Gasteiger partial charge in [-0.25, -0.2) is 4.68 Å². The minimum absolute atomic E-state index is 0.895. The third kappa shape index (κ3) is 2.12. The number of nitrogens with zero attached hydrogens (tertiary/aromatic N) is 2. The Morgan fingerprint density at radius 3 is 2.67 bits per heavy atom. The van der Waals surface area contributed by atoms with Gasteiger partial charge in [-0.2, -0.15) is 5.10 Å². The van der Waals surface area contributed by atoms with E-state index in [2.05, 4.69) is 46.2 Å². The molecule has 0 saturated heterocycles. The van der Waals surface area contributed by atoms with Crippen LogP contribution >= 0.6 is 15.9 Å². The molecule has 0 aliphatic rings. The molecule has 0 aliphatic carbocycles. The first kappa shape index (κ1) is 10.4. The zero-order valence-electron chi connectivity index (χ0n) is 8.87. The topological polar surface area (TPSA) is 17.8 Å². The smallest absolute Gasteiger partial charge is 0.0675 e. The highest BCUT2D eigenvalue weighted by atomic mass is 79.9. The van der Waals surface area contributed by atoms with E-state index >= 15 is 0 Å². The van der Waals surface area contributed by atoms with Crippen LogP contribution in [0.25, 0.3) is 5.69 Å². The first-order valence-electron chi connectivity index (χ1n) is 4.88. The maximum atomic E-state index is 4.31. The molecule has 0 spiro atoms. The third-order valence-corrected chi connectivity index (χ3v) is 3.02. The highest BCUT2D eigenvalue weighted by Crippen LogP contribution is 2.17. The third-order valence-electron chi connectivity index (χ3n) is 2.37. The molecule has 2 nitrogen and oxygen atoms in total. The molecule has 0 amide bonds. The van der Waals surface area contributed by atoms with Gasteiger partial charge in [0.25, 0.3) is 0 Å². The molecule has 0 saturated carbocycles. The predicted molar refractivity (Wildman–Crippen MR) is 65.7 cm³/mol. The number of hydrogen-bond acceptors (Lipinski definition) is 1. The van der Waals surface area contributed by atoms with Gasteiger partial charge in [0.05, 0.1) is 11.9 Å². The molecule has 0 bridgehead atoms.